The van der Waals surface area contributed by atoms with Crippen LogP contribution >= 0.6 is 37.0 Å². The van der Waals surface area contributed by atoms with E-state index < -0.39 is 0 Å². The summed E-state index contributed by atoms with van der Waals surface area (Å²) in [6.45, 7) is 9.51. The standard InChI is InChI=1S/C24H33NOS3/c1-16(2)13-14-26-22-12-7-18(17(3)4)15-21(22)23(27)24(28)29-20-10-8-19(9-11-20)25(5)6/h7-12,15-17,27-28H,13-14H2,1-6H3. The Labute approximate surface area is 191 Å². The first-order valence-corrected chi connectivity index (χ1v) is 11.7. The number of anilines is 1. The molecular formula is C24H33NOS3. The summed E-state index contributed by atoms with van der Waals surface area (Å²) >= 11 is 11.2. The zero-order chi connectivity index (χ0) is 21.6. The molecule has 0 aliphatic carbocycles. The highest BCUT2D eigenvalue weighted by Crippen LogP contribution is 2.41. The molecule has 0 radical (unpaired) electrons. The van der Waals surface area contributed by atoms with Gasteiger partial charge in [0.15, 0.2) is 0 Å². The van der Waals surface area contributed by atoms with Crippen LogP contribution in [-0.4, -0.2) is 20.7 Å². The normalized spacial score (nSPS) is 12.3. The van der Waals surface area contributed by atoms with E-state index in [1.165, 1.54) is 11.3 Å². The first-order chi connectivity index (χ1) is 13.7. The van der Waals surface area contributed by atoms with Crippen molar-refractivity contribution in [2.45, 2.75) is 44.9 Å². The summed E-state index contributed by atoms with van der Waals surface area (Å²) in [6.07, 6.45) is 1.03. The predicted octanol–water partition coefficient (Wildman–Crippen LogP) is 7.58. The minimum absolute atomic E-state index is 0.439. The molecule has 2 nitrogen and oxygen atoms in total. The molecule has 0 N–H and O–H groups in total. The molecule has 158 valence electrons. The average Bonchev–Trinajstić information content (AvgIpc) is 2.67. The molecule has 0 saturated carbocycles. The summed E-state index contributed by atoms with van der Waals surface area (Å²) < 4.78 is 6.98. The van der Waals surface area contributed by atoms with Gasteiger partial charge in [-0.25, -0.2) is 0 Å². The lowest BCUT2D eigenvalue weighted by atomic mass is 10.00. The van der Waals surface area contributed by atoms with Crippen LogP contribution in [-0.2, 0) is 0 Å². The molecule has 0 atom stereocenters. The van der Waals surface area contributed by atoms with Gasteiger partial charge in [-0.15, -0.1) is 25.3 Å². The summed E-state index contributed by atoms with van der Waals surface area (Å²) in [7, 11) is 4.08. The van der Waals surface area contributed by atoms with Crippen molar-refractivity contribution in [3.63, 3.8) is 0 Å². The Morgan fingerprint density at radius 2 is 1.66 bits per heavy atom. The maximum absolute atomic E-state index is 6.11. The van der Waals surface area contributed by atoms with E-state index in [1.54, 1.807) is 11.8 Å². The maximum Gasteiger partial charge on any atom is 0.127 e. The molecular weight excluding hydrogens is 414 g/mol. The van der Waals surface area contributed by atoms with Gasteiger partial charge in [-0.05, 0) is 60.2 Å². The van der Waals surface area contributed by atoms with Crippen LogP contribution in [0.15, 0.2) is 51.6 Å². The first kappa shape index (κ1) is 24.1. The largest absolute Gasteiger partial charge is 0.493 e. The third-order valence-corrected chi connectivity index (χ3v) is 6.84. The highest BCUT2D eigenvalue weighted by molar-refractivity contribution is 8.17. The van der Waals surface area contributed by atoms with Crippen molar-refractivity contribution < 1.29 is 4.74 Å². The van der Waals surface area contributed by atoms with Gasteiger partial charge < -0.3 is 9.64 Å². The fraction of sp³-hybridized carbons (Fsp3) is 0.417. The van der Waals surface area contributed by atoms with Crippen LogP contribution in [0.1, 0.15) is 51.2 Å². The van der Waals surface area contributed by atoms with Crippen LogP contribution in [0.2, 0.25) is 0 Å². The van der Waals surface area contributed by atoms with Gasteiger partial charge in [-0.2, -0.15) is 0 Å². The lowest BCUT2D eigenvalue weighted by Crippen LogP contribution is -2.07. The van der Waals surface area contributed by atoms with Crippen molar-refractivity contribution in [1.29, 1.82) is 0 Å². The van der Waals surface area contributed by atoms with Crippen LogP contribution in [0.25, 0.3) is 4.91 Å². The molecule has 0 heterocycles. The second kappa shape index (κ2) is 11.3. The average molecular weight is 448 g/mol. The minimum atomic E-state index is 0.439. The van der Waals surface area contributed by atoms with Gasteiger partial charge in [-0.3, -0.25) is 0 Å². The van der Waals surface area contributed by atoms with Crippen molar-refractivity contribution in [3.05, 3.63) is 57.8 Å². The van der Waals surface area contributed by atoms with E-state index in [-0.39, 0.29) is 0 Å². The van der Waals surface area contributed by atoms with Crippen LogP contribution in [0.3, 0.4) is 0 Å². The number of ether oxygens (including phenoxy) is 1. The third kappa shape index (κ3) is 7.23. The van der Waals surface area contributed by atoms with Crippen LogP contribution in [0.4, 0.5) is 5.69 Å². The molecule has 29 heavy (non-hydrogen) atoms. The summed E-state index contributed by atoms with van der Waals surface area (Å²) in [4.78, 5) is 4.07. The lowest BCUT2D eigenvalue weighted by Gasteiger charge is -2.17. The molecule has 0 aliphatic rings. The van der Waals surface area contributed by atoms with E-state index in [2.05, 4.69) is 75.1 Å². The van der Waals surface area contributed by atoms with E-state index in [1.807, 2.05) is 14.1 Å². The molecule has 2 aromatic rings. The molecule has 0 saturated heterocycles. The van der Waals surface area contributed by atoms with Gasteiger partial charge in [0.25, 0.3) is 0 Å². The number of thiol groups is 2. The Morgan fingerprint density at radius 1 is 1.00 bits per heavy atom. The van der Waals surface area contributed by atoms with Gasteiger partial charge >= 0.3 is 0 Å². The van der Waals surface area contributed by atoms with E-state index in [9.17, 15) is 0 Å². The monoisotopic (exact) mass is 447 g/mol. The number of nitrogens with zero attached hydrogens (tertiary/aromatic N) is 1. The number of thioether (sulfide) groups is 1. The van der Waals surface area contributed by atoms with E-state index >= 15 is 0 Å². The third-order valence-electron chi connectivity index (χ3n) is 4.65. The SMILES string of the molecule is CC(C)CCOc1ccc(C(C)C)cc1C(S)=C(S)Sc1ccc(N(C)C)cc1. The second-order valence-electron chi connectivity index (χ2n) is 8.09. The fourth-order valence-electron chi connectivity index (χ4n) is 2.71. The molecule has 0 aromatic heterocycles. The first-order valence-electron chi connectivity index (χ1n) is 10.0. The molecule has 0 fully saturated rings. The molecule has 5 heteroatoms. The van der Waals surface area contributed by atoms with Crippen LogP contribution < -0.4 is 9.64 Å². The van der Waals surface area contributed by atoms with Crippen molar-refractivity contribution >= 4 is 47.6 Å². The van der Waals surface area contributed by atoms with E-state index in [0.29, 0.717) is 18.4 Å². The summed E-state index contributed by atoms with van der Waals surface area (Å²) in [5.74, 6) is 1.92. The Kier molecular flexibility index (Phi) is 9.38. The zero-order valence-corrected chi connectivity index (χ0v) is 20.9. The molecule has 2 aromatic carbocycles. The van der Waals surface area contributed by atoms with E-state index in [0.717, 1.165) is 31.8 Å². The Bertz CT molecular complexity index is 827. The van der Waals surface area contributed by atoms with Crippen molar-refractivity contribution in [1.82, 2.24) is 0 Å². The Hall–Kier alpha value is -1.17. The Balaban J connectivity index is 2.30. The number of hydrogen-bond donors (Lipinski definition) is 2. The second-order valence-corrected chi connectivity index (χ2v) is 10.4. The summed E-state index contributed by atoms with van der Waals surface area (Å²) in [6, 6.07) is 14.8. The van der Waals surface area contributed by atoms with Gasteiger partial charge in [0.05, 0.1) is 10.8 Å². The van der Waals surface area contributed by atoms with Crippen molar-refractivity contribution in [2.75, 3.05) is 25.6 Å². The molecule has 0 amide bonds. The topological polar surface area (TPSA) is 12.5 Å². The summed E-state index contributed by atoms with van der Waals surface area (Å²) in [5.41, 5.74) is 3.45. The quantitative estimate of drug-likeness (QED) is 0.304. The highest BCUT2D eigenvalue weighted by Gasteiger charge is 2.14. The minimum Gasteiger partial charge on any atom is -0.493 e. The van der Waals surface area contributed by atoms with Crippen molar-refractivity contribution in [3.8, 4) is 5.75 Å². The fourth-order valence-corrected chi connectivity index (χ4v) is 4.16. The van der Waals surface area contributed by atoms with Gasteiger partial charge in [-0.1, -0.05) is 45.5 Å². The Morgan fingerprint density at radius 3 is 2.21 bits per heavy atom. The predicted molar refractivity (Wildman–Crippen MR) is 137 cm³/mol. The maximum atomic E-state index is 6.11. The van der Waals surface area contributed by atoms with Gasteiger partial charge in [0, 0.05) is 35.1 Å². The molecule has 0 bridgehead atoms. The number of rotatable bonds is 9. The van der Waals surface area contributed by atoms with Crippen LogP contribution in [0, 0.1) is 5.92 Å². The van der Waals surface area contributed by atoms with Crippen molar-refractivity contribution in [2.24, 2.45) is 5.92 Å². The number of benzene rings is 2. The van der Waals surface area contributed by atoms with E-state index in [4.69, 9.17) is 30.0 Å². The van der Waals surface area contributed by atoms with Gasteiger partial charge in [0.1, 0.15) is 5.75 Å². The molecule has 2 rings (SSSR count). The van der Waals surface area contributed by atoms with Crippen LogP contribution in [0.5, 0.6) is 5.75 Å². The smallest absolute Gasteiger partial charge is 0.127 e. The lowest BCUT2D eigenvalue weighted by molar-refractivity contribution is 0.289. The molecule has 0 spiro atoms. The summed E-state index contributed by atoms with van der Waals surface area (Å²) in [5, 5.41) is 0. The van der Waals surface area contributed by atoms with Gasteiger partial charge in [0.2, 0.25) is 0 Å². The molecule has 0 unspecified atom stereocenters. The molecule has 0 aliphatic heterocycles. The zero-order valence-electron chi connectivity index (χ0n) is 18.3. The number of hydrogen-bond acceptors (Lipinski definition) is 5. The highest BCUT2D eigenvalue weighted by atomic mass is 32.2.